The molecule has 0 aliphatic carbocycles. The van der Waals surface area contributed by atoms with Gasteiger partial charge in [0.05, 0.1) is 4.47 Å². The summed E-state index contributed by atoms with van der Waals surface area (Å²) in [5.74, 6) is 0.203. The molecule has 0 bridgehead atoms. The number of rotatable bonds is 0. The topological polar surface area (TPSA) is 33.1 Å². The first-order valence-electron chi connectivity index (χ1n) is 3.61. The number of hydrogen-bond acceptors (Lipinski definition) is 2. The first-order chi connectivity index (χ1) is 6.18. The van der Waals surface area contributed by atoms with Crippen molar-refractivity contribution in [1.82, 2.24) is 4.98 Å². The Hall–Kier alpha value is -0.800. The SMILES string of the molecule is Oc1cc2ccnc(Cl)c2cc1Br. The van der Waals surface area contributed by atoms with Crippen LogP contribution in [0.5, 0.6) is 5.75 Å². The Balaban J connectivity index is 2.89. The quantitative estimate of drug-likeness (QED) is 0.735. The summed E-state index contributed by atoms with van der Waals surface area (Å²) in [5, 5.41) is 11.5. The van der Waals surface area contributed by atoms with Gasteiger partial charge in [0.1, 0.15) is 10.9 Å². The lowest BCUT2D eigenvalue weighted by atomic mass is 10.2. The maximum atomic E-state index is 9.40. The van der Waals surface area contributed by atoms with Crippen LogP contribution in [-0.4, -0.2) is 10.1 Å². The number of aromatic nitrogens is 1. The van der Waals surface area contributed by atoms with Gasteiger partial charge in [0.15, 0.2) is 0 Å². The summed E-state index contributed by atoms with van der Waals surface area (Å²) in [5.41, 5.74) is 0. The third-order valence-electron chi connectivity index (χ3n) is 1.78. The molecule has 1 N–H and O–H groups in total. The van der Waals surface area contributed by atoms with E-state index in [1.165, 1.54) is 0 Å². The van der Waals surface area contributed by atoms with E-state index in [1.54, 1.807) is 24.4 Å². The van der Waals surface area contributed by atoms with E-state index in [-0.39, 0.29) is 5.75 Å². The van der Waals surface area contributed by atoms with Crippen molar-refractivity contribution in [2.75, 3.05) is 0 Å². The number of aromatic hydroxyl groups is 1. The minimum atomic E-state index is 0.203. The highest BCUT2D eigenvalue weighted by molar-refractivity contribution is 9.10. The van der Waals surface area contributed by atoms with E-state index in [0.29, 0.717) is 9.63 Å². The Labute approximate surface area is 88.3 Å². The summed E-state index contributed by atoms with van der Waals surface area (Å²) in [6.45, 7) is 0. The number of phenolic OH excluding ortho intramolecular Hbond substituents is 1. The standard InChI is InChI=1S/C9H5BrClNO/c10-7-4-6-5(3-8(7)13)1-2-12-9(6)11/h1-4,13H. The number of fused-ring (bicyclic) bond motifs is 1. The molecule has 0 aliphatic heterocycles. The molecule has 13 heavy (non-hydrogen) atoms. The first kappa shape index (κ1) is 8.78. The van der Waals surface area contributed by atoms with E-state index >= 15 is 0 Å². The van der Waals surface area contributed by atoms with Crippen LogP contribution in [0, 0.1) is 0 Å². The highest BCUT2D eigenvalue weighted by atomic mass is 79.9. The van der Waals surface area contributed by atoms with Crippen LogP contribution < -0.4 is 0 Å². The number of benzene rings is 1. The highest BCUT2D eigenvalue weighted by Crippen LogP contribution is 2.31. The molecule has 0 radical (unpaired) electrons. The molecular weight excluding hydrogens is 253 g/mol. The van der Waals surface area contributed by atoms with Crippen LogP contribution in [0.2, 0.25) is 5.15 Å². The Morgan fingerprint density at radius 2 is 2.15 bits per heavy atom. The molecule has 0 unspecified atom stereocenters. The Morgan fingerprint density at radius 3 is 2.92 bits per heavy atom. The van der Waals surface area contributed by atoms with Gasteiger partial charge in [-0.25, -0.2) is 4.98 Å². The molecule has 1 aromatic heterocycles. The second-order valence-corrected chi connectivity index (χ2v) is 3.84. The normalized spacial score (nSPS) is 10.6. The van der Waals surface area contributed by atoms with Crippen LogP contribution in [-0.2, 0) is 0 Å². The molecule has 4 heteroatoms. The number of phenols is 1. The van der Waals surface area contributed by atoms with Crippen molar-refractivity contribution >= 4 is 38.3 Å². The minimum Gasteiger partial charge on any atom is -0.507 e. The summed E-state index contributed by atoms with van der Waals surface area (Å²) in [6, 6.07) is 5.19. The molecule has 0 amide bonds. The Kier molecular flexibility index (Phi) is 2.14. The van der Waals surface area contributed by atoms with Gasteiger partial charge < -0.3 is 5.11 Å². The maximum absolute atomic E-state index is 9.40. The van der Waals surface area contributed by atoms with Crippen molar-refractivity contribution in [3.8, 4) is 5.75 Å². The molecule has 0 saturated heterocycles. The third kappa shape index (κ3) is 1.49. The second kappa shape index (κ2) is 3.16. The summed E-state index contributed by atoms with van der Waals surface area (Å²) < 4.78 is 0.620. The molecule has 0 atom stereocenters. The van der Waals surface area contributed by atoms with Gasteiger partial charge in [0.25, 0.3) is 0 Å². The van der Waals surface area contributed by atoms with E-state index < -0.39 is 0 Å². The summed E-state index contributed by atoms with van der Waals surface area (Å²) >= 11 is 9.08. The van der Waals surface area contributed by atoms with E-state index in [0.717, 1.165) is 10.8 Å². The lowest BCUT2D eigenvalue weighted by Gasteiger charge is -2.01. The number of hydrogen-bond donors (Lipinski definition) is 1. The van der Waals surface area contributed by atoms with Gasteiger partial charge in [-0.15, -0.1) is 0 Å². The molecule has 66 valence electrons. The Bertz CT molecular complexity index is 472. The average Bonchev–Trinajstić information content (AvgIpc) is 2.09. The lowest BCUT2D eigenvalue weighted by molar-refractivity contribution is 0.473. The van der Waals surface area contributed by atoms with E-state index in [4.69, 9.17) is 11.6 Å². The van der Waals surface area contributed by atoms with Gasteiger partial charge in [0.2, 0.25) is 0 Å². The van der Waals surface area contributed by atoms with Crippen molar-refractivity contribution in [3.63, 3.8) is 0 Å². The van der Waals surface area contributed by atoms with Crippen molar-refractivity contribution < 1.29 is 5.11 Å². The fraction of sp³-hybridized carbons (Fsp3) is 0. The van der Waals surface area contributed by atoms with Crippen LogP contribution in [0.15, 0.2) is 28.9 Å². The molecule has 1 aromatic carbocycles. The summed E-state index contributed by atoms with van der Waals surface area (Å²) in [6.07, 6.45) is 1.61. The van der Waals surface area contributed by atoms with Crippen LogP contribution >= 0.6 is 27.5 Å². The zero-order chi connectivity index (χ0) is 9.42. The predicted molar refractivity (Wildman–Crippen MR) is 56.1 cm³/mol. The van der Waals surface area contributed by atoms with Crippen LogP contribution in [0.25, 0.3) is 10.8 Å². The monoisotopic (exact) mass is 257 g/mol. The molecule has 2 aromatic rings. The van der Waals surface area contributed by atoms with Gasteiger partial charge in [-0.3, -0.25) is 0 Å². The summed E-state index contributed by atoms with van der Waals surface area (Å²) in [7, 11) is 0. The first-order valence-corrected chi connectivity index (χ1v) is 4.78. The maximum Gasteiger partial charge on any atom is 0.136 e. The smallest absolute Gasteiger partial charge is 0.136 e. The van der Waals surface area contributed by atoms with Crippen LogP contribution in [0.1, 0.15) is 0 Å². The van der Waals surface area contributed by atoms with Crippen LogP contribution in [0.3, 0.4) is 0 Å². The Morgan fingerprint density at radius 1 is 1.38 bits per heavy atom. The lowest BCUT2D eigenvalue weighted by Crippen LogP contribution is -1.79. The summed E-state index contributed by atoms with van der Waals surface area (Å²) in [4.78, 5) is 3.94. The van der Waals surface area contributed by atoms with Crippen LogP contribution in [0.4, 0.5) is 0 Å². The number of halogens is 2. The fourth-order valence-electron chi connectivity index (χ4n) is 1.15. The molecule has 2 nitrogen and oxygen atoms in total. The molecule has 0 spiro atoms. The van der Waals surface area contributed by atoms with Gasteiger partial charge >= 0.3 is 0 Å². The zero-order valence-electron chi connectivity index (χ0n) is 6.46. The van der Waals surface area contributed by atoms with Crippen molar-refractivity contribution in [2.24, 2.45) is 0 Å². The largest absolute Gasteiger partial charge is 0.507 e. The molecule has 0 aliphatic rings. The second-order valence-electron chi connectivity index (χ2n) is 2.63. The predicted octanol–water partition coefficient (Wildman–Crippen LogP) is 3.36. The van der Waals surface area contributed by atoms with Gasteiger partial charge in [-0.05, 0) is 39.5 Å². The average molecular weight is 259 g/mol. The van der Waals surface area contributed by atoms with E-state index in [2.05, 4.69) is 20.9 Å². The number of pyridine rings is 1. The molecule has 1 heterocycles. The molecular formula is C9H5BrClNO. The third-order valence-corrected chi connectivity index (χ3v) is 2.72. The molecule has 0 fully saturated rings. The van der Waals surface area contributed by atoms with Gasteiger partial charge in [0, 0.05) is 11.6 Å². The molecule has 0 saturated carbocycles. The zero-order valence-corrected chi connectivity index (χ0v) is 8.80. The molecule has 2 rings (SSSR count). The van der Waals surface area contributed by atoms with Crippen molar-refractivity contribution in [2.45, 2.75) is 0 Å². The van der Waals surface area contributed by atoms with E-state index in [1.807, 2.05) is 0 Å². The minimum absolute atomic E-state index is 0.203. The van der Waals surface area contributed by atoms with Gasteiger partial charge in [-0.2, -0.15) is 0 Å². The number of nitrogens with zero attached hydrogens (tertiary/aromatic N) is 1. The highest BCUT2D eigenvalue weighted by Gasteiger charge is 2.04. The van der Waals surface area contributed by atoms with Gasteiger partial charge in [-0.1, -0.05) is 11.6 Å². The van der Waals surface area contributed by atoms with Crippen molar-refractivity contribution in [3.05, 3.63) is 34.0 Å². The van der Waals surface area contributed by atoms with E-state index in [9.17, 15) is 5.11 Å². The van der Waals surface area contributed by atoms with Crippen molar-refractivity contribution in [1.29, 1.82) is 0 Å². The fourth-order valence-corrected chi connectivity index (χ4v) is 1.71.